The van der Waals surface area contributed by atoms with Crippen molar-refractivity contribution >= 4 is 23.2 Å². The van der Waals surface area contributed by atoms with Crippen LogP contribution in [-0.2, 0) is 6.42 Å². The Hall–Kier alpha value is -1.20. The predicted molar refractivity (Wildman–Crippen MR) is 83.2 cm³/mol. The summed E-state index contributed by atoms with van der Waals surface area (Å²) in [6.45, 7) is 1.37. The lowest BCUT2D eigenvalue weighted by Gasteiger charge is -2.13. The molecule has 114 valence electrons. The fraction of sp³-hybridized carbons (Fsp3) is 0.333. The van der Waals surface area contributed by atoms with Gasteiger partial charge in [0.05, 0.1) is 16.3 Å². The van der Waals surface area contributed by atoms with Gasteiger partial charge < -0.3 is 19.6 Å². The molecule has 2 N–H and O–H groups in total. The van der Waals surface area contributed by atoms with Crippen molar-refractivity contribution in [1.29, 1.82) is 0 Å². The molecule has 0 bridgehead atoms. The third-order valence-electron chi connectivity index (χ3n) is 2.84. The maximum absolute atomic E-state index is 9.82. The number of aliphatic hydroxyl groups excluding tert-OH is 1. The van der Waals surface area contributed by atoms with E-state index in [9.17, 15) is 5.11 Å². The maximum atomic E-state index is 9.82. The second kappa shape index (κ2) is 8.29. The van der Waals surface area contributed by atoms with Crippen molar-refractivity contribution in [3.63, 3.8) is 0 Å². The molecule has 0 fully saturated rings. The average molecular weight is 330 g/mol. The summed E-state index contributed by atoms with van der Waals surface area (Å²) in [5.41, 5.74) is 0. The summed E-state index contributed by atoms with van der Waals surface area (Å²) in [6, 6.07) is 8.78. The molecule has 0 spiro atoms. The third kappa shape index (κ3) is 5.59. The minimum atomic E-state index is -0.601. The zero-order valence-electron chi connectivity index (χ0n) is 11.4. The fourth-order valence-corrected chi connectivity index (χ4v) is 2.04. The van der Waals surface area contributed by atoms with E-state index < -0.39 is 6.10 Å². The molecule has 4 nitrogen and oxygen atoms in total. The monoisotopic (exact) mass is 329 g/mol. The highest BCUT2D eigenvalue weighted by Crippen LogP contribution is 2.26. The van der Waals surface area contributed by atoms with Crippen molar-refractivity contribution in [1.82, 2.24) is 5.32 Å². The van der Waals surface area contributed by atoms with Crippen molar-refractivity contribution in [3.8, 4) is 5.75 Å². The Bertz CT molecular complexity index is 546. The Morgan fingerprint density at radius 1 is 1.24 bits per heavy atom. The highest BCUT2D eigenvalue weighted by Gasteiger charge is 2.06. The van der Waals surface area contributed by atoms with Crippen LogP contribution in [0.1, 0.15) is 5.76 Å². The van der Waals surface area contributed by atoms with E-state index in [4.69, 9.17) is 32.4 Å². The molecule has 0 aliphatic heterocycles. The molecule has 2 rings (SSSR count). The van der Waals surface area contributed by atoms with Crippen LogP contribution in [0.5, 0.6) is 5.75 Å². The van der Waals surface area contributed by atoms with Gasteiger partial charge in [0.25, 0.3) is 0 Å². The van der Waals surface area contributed by atoms with Crippen LogP contribution >= 0.6 is 23.2 Å². The molecular formula is C15H17Cl2NO3. The van der Waals surface area contributed by atoms with Crippen LogP contribution < -0.4 is 10.1 Å². The van der Waals surface area contributed by atoms with E-state index >= 15 is 0 Å². The first-order valence-electron chi connectivity index (χ1n) is 6.64. The van der Waals surface area contributed by atoms with Gasteiger partial charge in [-0.15, -0.1) is 0 Å². The largest absolute Gasteiger partial charge is 0.491 e. The van der Waals surface area contributed by atoms with Gasteiger partial charge in [-0.2, -0.15) is 0 Å². The quantitative estimate of drug-likeness (QED) is 0.730. The minimum Gasteiger partial charge on any atom is -0.491 e. The van der Waals surface area contributed by atoms with E-state index in [1.807, 2.05) is 12.1 Å². The number of halogens is 2. The molecule has 1 unspecified atom stereocenters. The van der Waals surface area contributed by atoms with Gasteiger partial charge in [0, 0.05) is 25.6 Å². The summed E-state index contributed by atoms with van der Waals surface area (Å²) in [7, 11) is 0. The molecule has 21 heavy (non-hydrogen) atoms. The van der Waals surface area contributed by atoms with Gasteiger partial charge in [-0.3, -0.25) is 0 Å². The van der Waals surface area contributed by atoms with Crippen molar-refractivity contribution in [2.75, 3.05) is 19.7 Å². The molecule has 1 aromatic carbocycles. The summed E-state index contributed by atoms with van der Waals surface area (Å²) in [5.74, 6) is 1.50. The van der Waals surface area contributed by atoms with Crippen LogP contribution in [0.15, 0.2) is 41.0 Å². The van der Waals surface area contributed by atoms with Crippen molar-refractivity contribution in [2.24, 2.45) is 0 Å². The SMILES string of the molecule is OC(CNCCc1ccco1)COc1ccc(Cl)c(Cl)c1. The predicted octanol–water partition coefficient (Wildman–Crippen LogP) is 3.16. The summed E-state index contributed by atoms with van der Waals surface area (Å²) >= 11 is 11.7. The third-order valence-corrected chi connectivity index (χ3v) is 3.58. The number of rotatable bonds is 8. The highest BCUT2D eigenvalue weighted by molar-refractivity contribution is 6.42. The molecule has 0 saturated heterocycles. The first-order chi connectivity index (χ1) is 10.1. The molecule has 2 aromatic rings. The van der Waals surface area contributed by atoms with Gasteiger partial charge in [-0.25, -0.2) is 0 Å². The van der Waals surface area contributed by atoms with Crippen LogP contribution in [0.25, 0.3) is 0 Å². The number of hydrogen-bond donors (Lipinski definition) is 2. The molecule has 6 heteroatoms. The summed E-state index contributed by atoms with van der Waals surface area (Å²) in [5, 5.41) is 13.9. The summed E-state index contributed by atoms with van der Waals surface area (Å²) < 4.78 is 10.7. The fourth-order valence-electron chi connectivity index (χ4n) is 1.75. The maximum Gasteiger partial charge on any atom is 0.121 e. The molecule has 0 saturated carbocycles. The van der Waals surface area contributed by atoms with E-state index in [-0.39, 0.29) is 6.61 Å². The van der Waals surface area contributed by atoms with Crippen LogP contribution in [0.3, 0.4) is 0 Å². The molecule has 0 aliphatic carbocycles. The molecule has 0 aliphatic rings. The van der Waals surface area contributed by atoms with E-state index in [0.717, 1.165) is 18.7 Å². The van der Waals surface area contributed by atoms with Gasteiger partial charge in [0.1, 0.15) is 24.2 Å². The second-order valence-corrected chi connectivity index (χ2v) is 5.39. The number of benzene rings is 1. The molecule has 1 aromatic heterocycles. The Kier molecular flexibility index (Phi) is 6.39. The summed E-state index contributed by atoms with van der Waals surface area (Å²) in [6.07, 6.45) is 1.83. The van der Waals surface area contributed by atoms with Gasteiger partial charge in [0.2, 0.25) is 0 Å². The number of hydrogen-bond acceptors (Lipinski definition) is 4. The van der Waals surface area contributed by atoms with Gasteiger partial charge in [-0.1, -0.05) is 23.2 Å². The topological polar surface area (TPSA) is 54.6 Å². The molecular weight excluding hydrogens is 313 g/mol. The summed E-state index contributed by atoms with van der Waals surface area (Å²) in [4.78, 5) is 0. The van der Waals surface area contributed by atoms with Crippen molar-refractivity contribution < 1.29 is 14.3 Å². The van der Waals surface area contributed by atoms with Crippen molar-refractivity contribution in [3.05, 3.63) is 52.4 Å². The Labute approximate surface area is 133 Å². The number of nitrogens with one attached hydrogen (secondary N) is 1. The van der Waals surface area contributed by atoms with Gasteiger partial charge in [-0.05, 0) is 24.3 Å². The Balaban J connectivity index is 1.62. The Morgan fingerprint density at radius 2 is 2.10 bits per heavy atom. The number of aliphatic hydroxyl groups is 1. The number of furan rings is 1. The van der Waals surface area contributed by atoms with Gasteiger partial charge in [0.15, 0.2) is 0 Å². The average Bonchev–Trinajstić information content (AvgIpc) is 2.98. The lowest BCUT2D eigenvalue weighted by atomic mass is 10.3. The smallest absolute Gasteiger partial charge is 0.121 e. The molecule has 0 radical (unpaired) electrons. The van der Waals surface area contributed by atoms with E-state index in [2.05, 4.69) is 5.32 Å². The van der Waals surface area contributed by atoms with Crippen LogP contribution in [-0.4, -0.2) is 30.9 Å². The minimum absolute atomic E-state index is 0.186. The normalized spacial score (nSPS) is 12.3. The van der Waals surface area contributed by atoms with Crippen molar-refractivity contribution in [2.45, 2.75) is 12.5 Å². The highest BCUT2D eigenvalue weighted by atomic mass is 35.5. The molecule has 1 atom stereocenters. The van der Waals surface area contributed by atoms with Crippen LogP contribution in [0, 0.1) is 0 Å². The first-order valence-corrected chi connectivity index (χ1v) is 7.40. The number of ether oxygens (including phenoxy) is 1. The molecule has 0 amide bonds. The lowest BCUT2D eigenvalue weighted by molar-refractivity contribution is 0.106. The zero-order valence-corrected chi connectivity index (χ0v) is 12.9. The standard InChI is InChI=1S/C15H17Cl2NO3/c16-14-4-3-13(8-15(14)17)21-10-11(19)9-18-6-5-12-2-1-7-20-12/h1-4,7-8,11,18-19H,5-6,9-10H2. The van der Waals surface area contributed by atoms with E-state index in [1.54, 1.807) is 24.5 Å². The second-order valence-electron chi connectivity index (χ2n) is 4.57. The van der Waals surface area contributed by atoms with E-state index in [1.165, 1.54) is 0 Å². The zero-order chi connectivity index (χ0) is 15.1. The Morgan fingerprint density at radius 3 is 2.81 bits per heavy atom. The molecule has 1 heterocycles. The van der Waals surface area contributed by atoms with Crippen LogP contribution in [0.4, 0.5) is 0 Å². The van der Waals surface area contributed by atoms with Gasteiger partial charge >= 0.3 is 0 Å². The van der Waals surface area contributed by atoms with Crippen LogP contribution in [0.2, 0.25) is 10.0 Å². The first kappa shape index (κ1) is 16.2. The lowest BCUT2D eigenvalue weighted by Crippen LogP contribution is -2.32. The van der Waals surface area contributed by atoms with E-state index in [0.29, 0.717) is 22.3 Å².